The van der Waals surface area contributed by atoms with Gasteiger partial charge in [-0.2, -0.15) is 0 Å². The largest absolute Gasteiger partial charge is 0.228 e. The Morgan fingerprint density at radius 2 is 1.68 bits per heavy atom. The van der Waals surface area contributed by atoms with Crippen molar-refractivity contribution in [1.82, 2.24) is 0 Å². The van der Waals surface area contributed by atoms with E-state index in [2.05, 4.69) is 6.92 Å². The van der Waals surface area contributed by atoms with Crippen molar-refractivity contribution in [2.24, 2.45) is 0 Å². The highest BCUT2D eigenvalue weighted by molar-refractivity contribution is 7.93. The van der Waals surface area contributed by atoms with Crippen LogP contribution in [0.3, 0.4) is 0 Å². The molecule has 0 heterocycles. The molecule has 0 bridgehead atoms. The minimum atomic E-state index is -3.11. The number of rotatable bonds is 6. The van der Waals surface area contributed by atoms with Crippen molar-refractivity contribution < 1.29 is 8.42 Å². The highest BCUT2D eigenvalue weighted by atomic mass is 32.2. The van der Waals surface area contributed by atoms with Gasteiger partial charge in [0.1, 0.15) is 0 Å². The van der Waals surface area contributed by atoms with E-state index in [1.165, 1.54) is 0 Å². The van der Waals surface area contributed by atoms with Crippen molar-refractivity contribution in [1.29, 1.82) is 0 Å². The Kier molecular flexibility index (Phi) is 5.60. The van der Waals surface area contributed by atoms with Crippen LogP contribution in [0.4, 0.5) is 0 Å². The second-order valence-corrected chi connectivity index (χ2v) is 9.09. The third-order valence-electron chi connectivity index (χ3n) is 3.48. The number of hydrogen-bond acceptors (Lipinski definition) is 2. The van der Waals surface area contributed by atoms with E-state index in [-0.39, 0.29) is 5.25 Å². The van der Waals surface area contributed by atoms with E-state index in [0.29, 0.717) is 6.42 Å². The molecule has 0 aliphatic heterocycles. The topological polar surface area (TPSA) is 34.1 Å². The number of unbranched alkanes of at least 4 members (excludes halogenated alkanes) is 1. The number of sulfone groups is 1. The Bertz CT molecular complexity index is 469. The van der Waals surface area contributed by atoms with Crippen LogP contribution in [0.5, 0.6) is 0 Å². The summed E-state index contributed by atoms with van der Waals surface area (Å²) >= 11 is 0. The van der Waals surface area contributed by atoms with Crippen LogP contribution >= 0.6 is 0 Å². The molecule has 1 atom stereocenters. The monoisotopic (exact) mass is 282 g/mol. The van der Waals surface area contributed by atoms with Crippen molar-refractivity contribution in [3.63, 3.8) is 0 Å². The van der Waals surface area contributed by atoms with Crippen molar-refractivity contribution in [3.05, 3.63) is 35.9 Å². The molecular weight excluding hydrogens is 256 g/mol. The Morgan fingerprint density at radius 1 is 1.11 bits per heavy atom. The summed E-state index contributed by atoms with van der Waals surface area (Å²) in [6.45, 7) is 7.49. The van der Waals surface area contributed by atoms with Gasteiger partial charge in [-0.1, -0.05) is 50.1 Å². The molecule has 0 aromatic heterocycles. The summed E-state index contributed by atoms with van der Waals surface area (Å²) in [6.07, 6.45) is 3.38. The van der Waals surface area contributed by atoms with Crippen LogP contribution in [0.1, 0.15) is 52.5 Å². The summed E-state index contributed by atoms with van der Waals surface area (Å²) in [5.41, 5.74) is 1.11. The molecule has 0 aliphatic carbocycles. The van der Waals surface area contributed by atoms with Gasteiger partial charge >= 0.3 is 0 Å². The summed E-state index contributed by atoms with van der Waals surface area (Å²) in [6, 6.07) is 9.92. The maximum absolute atomic E-state index is 12.7. The highest BCUT2D eigenvalue weighted by Crippen LogP contribution is 2.26. The summed E-state index contributed by atoms with van der Waals surface area (Å²) in [5, 5.41) is -0.269. The molecule has 0 saturated heterocycles. The third kappa shape index (κ3) is 4.34. The zero-order valence-electron chi connectivity index (χ0n) is 12.5. The van der Waals surface area contributed by atoms with Crippen molar-refractivity contribution in [3.8, 4) is 0 Å². The molecular formula is C16H26O2S. The van der Waals surface area contributed by atoms with E-state index in [4.69, 9.17) is 0 Å². The first-order valence-electron chi connectivity index (χ1n) is 7.06. The molecule has 1 unspecified atom stereocenters. The first-order valence-corrected chi connectivity index (χ1v) is 8.61. The molecule has 1 aromatic carbocycles. The van der Waals surface area contributed by atoms with Crippen LogP contribution in [-0.2, 0) is 16.3 Å². The fraction of sp³-hybridized carbons (Fsp3) is 0.625. The third-order valence-corrected chi connectivity index (χ3v) is 6.47. The van der Waals surface area contributed by atoms with Gasteiger partial charge in [-0.25, -0.2) is 8.42 Å². The fourth-order valence-corrected chi connectivity index (χ4v) is 4.06. The lowest BCUT2D eigenvalue weighted by Crippen LogP contribution is -2.38. The molecule has 0 radical (unpaired) electrons. The van der Waals surface area contributed by atoms with E-state index in [9.17, 15) is 8.42 Å². The van der Waals surface area contributed by atoms with Crippen LogP contribution in [0.15, 0.2) is 30.3 Å². The molecule has 3 heteroatoms. The molecule has 1 rings (SSSR count). The van der Waals surface area contributed by atoms with E-state index < -0.39 is 14.6 Å². The average molecular weight is 282 g/mol. The van der Waals surface area contributed by atoms with Gasteiger partial charge in [0.05, 0.1) is 10.00 Å². The highest BCUT2D eigenvalue weighted by Gasteiger charge is 2.36. The number of benzene rings is 1. The number of hydrogen-bond donors (Lipinski definition) is 0. The molecule has 0 N–H and O–H groups in total. The summed E-state index contributed by atoms with van der Waals surface area (Å²) < 4.78 is 24.6. The van der Waals surface area contributed by atoms with Crippen LogP contribution in [0.2, 0.25) is 0 Å². The molecule has 0 aliphatic rings. The maximum atomic E-state index is 12.7. The molecule has 108 valence electrons. The lowest BCUT2D eigenvalue weighted by molar-refractivity contribution is 0.529. The average Bonchev–Trinajstić information content (AvgIpc) is 2.34. The molecule has 1 aromatic rings. The quantitative estimate of drug-likeness (QED) is 0.790. The zero-order valence-corrected chi connectivity index (χ0v) is 13.3. The van der Waals surface area contributed by atoms with Gasteiger partial charge in [-0.15, -0.1) is 0 Å². The normalized spacial score (nSPS) is 14.3. The van der Waals surface area contributed by atoms with E-state index >= 15 is 0 Å². The van der Waals surface area contributed by atoms with E-state index in [0.717, 1.165) is 24.8 Å². The van der Waals surface area contributed by atoms with Gasteiger partial charge in [0.2, 0.25) is 0 Å². The van der Waals surface area contributed by atoms with Crippen molar-refractivity contribution in [2.45, 2.75) is 63.4 Å². The van der Waals surface area contributed by atoms with Crippen LogP contribution in [0, 0.1) is 0 Å². The van der Waals surface area contributed by atoms with Gasteiger partial charge in [0.15, 0.2) is 9.84 Å². The summed E-state index contributed by atoms with van der Waals surface area (Å²) in [4.78, 5) is 0. The standard InChI is InChI=1S/C16H26O2S/c1-5-6-12-15(19(17,18)16(2,3)4)13-14-10-8-7-9-11-14/h7-11,15H,5-6,12-13H2,1-4H3. The molecule has 2 nitrogen and oxygen atoms in total. The van der Waals surface area contributed by atoms with Gasteiger partial charge < -0.3 is 0 Å². The minimum absolute atomic E-state index is 0.269. The first-order chi connectivity index (χ1) is 8.79. The van der Waals surface area contributed by atoms with Gasteiger partial charge in [-0.05, 0) is 39.2 Å². The van der Waals surface area contributed by atoms with Crippen LogP contribution in [-0.4, -0.2) is 18.4 Å². The molecule has 19 heavy (non-hydrogen) atoms. The lowest BCUT2D eigenvalue weighted by Gasteiger charge is -2.27. The smallest absolute Gasteiger partial charge is 0.158 e. The molecule has 0 amide bonds. The molecule has 0 fully saturated rings. The Morgan fingerprint density at radius 3 is 2.16 bits per heavy atom. The predicted molar refractivity (Wildman–Crippen MR) is 82.1 cm³/mol. The Balaban J connectivity index is 2.96. The van der Waals surface area contributed by atoms with Gasteiger partial charge in [0.25, 0.3) is 0 Å². The van der Waals surface area contributed by atoms with Crippen molar-refractivity contribution in [2.75, 3.05) is 0 Å². The van der Waals surface area contributed by atoms with Gasteiger partial charge in [0, 0.05) is 0 Å². The Labute approximate surface area is 118 Å². The first kappa shape index (κ1) is 16.2. The predicted octanol–water partition coefficient (Wildman–Crippen LogP) is 4.00. The molecule has 0 spiro atoms. The summed E-state index contributed by atoms with van der Waals surface area (Å²) in [5.74, 6) is 0. The summed E-state index contributed by atoms with van der Waals surface area (Å²) in [7, 11) is -3.11. The van der Waals surface area contributed by atoms with E-state index in [1.807, 2.05) is 30.3 Å². The molecule has 0 saturated carbocycles. The Hall–Kier alpha value is -0.830. The van der Waals surface area contributed by atoms with E-state index in [1.54, 1.807) is 20.8 Å². The second kappa shape index (κ2) is 6.56. The zero-order chi connectivity index (χ0) is 14.5. The van der Waals surface area contributed by atoms with Gasteiger partial charge in [-0.3, -0.25) is 0 Å². The maximum Gasteiger partial charge on any atom is 0.158 e. The fourth-order valence-electron chi connectivity index (χ4n) is 2.18. The lowest BCUT2D eigenvalue weighted by atomic mass is 10.1. The van der Waals surface area contributed by atoms with Crippen LogP contribution < -0.4 is 0 Å². The second-order valence-electron chi connectivity index (χ2n) is 6.11. The van der Waals surface area contributed by atoms with Crippen LogP contribution in [0.25, 0.3) is 0 Å². The minimum Gasteiger partial charge on any atom is -0.228 e. The SMILES string of the molecule is CCCCC(Cc1ccccc1)S(=O)(=O)C(C)(C)C. The van der Waals surface area contributed by atoms with Crippen molar-refractivity contribution >= 4 is 9.84 Å².